The van der Waals surface area contributed by atoms with Crippen molar-refractivity contribution < 1.29 is 24.2 Å². The Morgan fingerprint density at radius 2 is 1.70 bits per heavy atom. The second kappa shape index (κ2) is 9.71. The maximum absolute atomic E-state index is 11.8. The van der Waals surface area contributed by atoms with Crippen LogP contribution in [0.2, 0.25) is 0 Å². The van der Waals surface area contributed by atoms with Crippen LogP contribution in [0.1, 0.15) is 33.6 Å². The van der Waals surface area contributed by atoms with Gasteiger partial charge >= 0.3 is 5.97 Å². The smallest absolute Gasteiger partial charge is 0.326 e. The largest absolute Gasteiger partial charge is 0.494 e. The molecule has 0 fully saturated rings. The van der Waals surface area contributed by atoms with Crippen LogP contribution in [0.15, 0.2) is 24.3 Å². The van der Waals surface area contributed by atoms with Gasteiger partial charge < -0.3 is 19.9 Å². The van der Waals surface area contributed by atoms with Crippen molar-refractivity contribution in [3.8, 4) is 11.5 Å². The van der Waals surface area contributed by atoms with E-state index in [0.717, 1.165) is 5.75 Å². The van der Waals surface area contributed by atoms with Gasteiger partial charge in [0.2, 0.25) is 5.91 Å². The highest BCUT2D eigenvalue weighted by Gasteiger charge is 2.20. The molecule has 0 aromatic heterocycles. The summed E-state index contributed by atoms with van der Waals surface area (Å²) < 4.78 is 10.8. The van der Waals surface area contributed by atoms with E-state index in [9.17, 15) is 9.59 Å². The molecule has 1 aromatic rings. The molecule has 1 atom stereocenters. The van der Waals surface area contributed by atoms with Gasteiger partial charge in [-0.2, -0.15) is 0 Å². The maximum Gasteiger partial charge on any atom is 0.326 e. The molecule has 23 heavy (non-hydrogen) atoms. The van der Waals surface area contributed by atoms with Crippen LogP contribution in [0.3, 0.4) is 0 Å². The monoisotopic (exact) mass is 323 g/mol. The zero-order valence-corrected chi connectivity index (χ0v) is 13.9. The van der Waals surface area contributed by atoms with Crippen molar-refractivity contribution in [3.05, 3.63) is 24.3 Å². The molecule has 0 saturated carbocycles. The summed E-state index contributed by atoms with van der Waals surface area (Å²) in [7, 11) is 0. The first kappa shape index (κ1) is 18.8. The van der Waals surface area contributed by atoms with Gasteiger partial charge in [-0.05, 0) is 43.5 Å². The summed E-state index contributed by atoms with van der Waals surface area (Å²) in [5.74, 6) is 0.244. The van der Waals surface area contributed by atoms with E-state index in [-0.39, 0.29) is 24.9 Å². The predicted octanol–water partition coefficient (Wildman–Crippen LogP) is 2.47. The average molecular weight is 323 g/mol. The number of benzene rings is 1. The van der Waals surface area contributed by atoms with Crippen molar-refractivity contribution in [3.63, 3.8) is 0 Å². The molecule has 0 aliphatic carbocycles. The topological polar surface area (TPSA) is 84.9 Å². The lowest BCUT2D eigenvalue weighted by atomic mass is 10.0. The zero-order valence-electron chi connectivity index (χ0n) is 13.9. The van der Waals surface area contributed by atoms with Crippen LogP contribution in [0, 0.1) is 5.92 Å². The molecule has 6 nitrogen and oxygen atoms in total. The Balaban J connectivity index is 2.36. The van der Waals surface area contributed by atoms with Crippen molar-refractivity contribution in [2.45, 2.75) is 39.7 Å². The number of carboxylic acids is 1. The van der Waals surface area contributed by atoms with Crippen LogP contribution < -0.4 is 14.8 Å². The predicted molar refractivity (Wildman–Crippen MR) is 86.7 cm³/mol. The summed E-state index contributed by atoms with van der Waals surface area (Å²) in [6.07, 6.45) is 0.510. The third-order valence-corrected chi connectivity index (χ3v) is 3.07. The fourth-order valence-corrected chi connectivity index (χ4v) is 2.02. The number of rotatable bonds is 10. The number of amides is 1. The minimum atomic E-state index is -1.01. The van der Waals surface area contributed by atoms with Gasteiger partial charge in [0, 0.05) is 0 Å². The second-order valence-corrected chi connectivity index (χ2v) is 5.59. The van der Waals surface area contributed by atoms with E-state index < -0.39 is 12.0 Å². The molecule has 0 spiro atoms. The van der Waals surface area contributed by atoms with Crippen molar-refractivity contribution in [2.24, 2.45) is 5.92 Å². The van der Waals surface area contributed by atoms with Crippen molar-refractivity contribution in [1.82, 2.24) is 5.32 Å². The van der Waals surface area contributed by atoms with Gasteiger partial charge in [-0.1, -0.05) is 13.8 Å². The molecule has 1 aromatic carbocycles. The van der Waals surface area contributed by atoms with Gasteiger partial charge in [0.15, 0.2) is 0 Å². The van der Waals surface area contributed by atoms with Crippen LogP contribution in [-0.2, 0) is 9.59 Å². The van der Waals surface area contributed by atoms with Gasteiger partial charge in [-0.3, -0.25) is 4.79 Å². The van der Waals surface area contributed by atoms with Crippen molar-refractivity contribution in [2.75, 3.05) is 13.2 Å². The minimum Gasteiger partial charge on any atom is -0.494 e. The van der Waals surface area contributed by atoms with E-state index >= 15 is 0 Å². The molecule has 0 aliphatic heterocycles. The molecule has 0 aliphatic rings. The highest BCUT2D eigenvalue weighted by molar-refractivity contribution is 5.83. The molecule has 128 valence electrons. The lowest BCUT2D eigenvalue weighted by Crippen LogP contribution is -2.42. The number of aliphatic carboxylic acids is 1. The summed E-state index contributed by atoms with van der Waals surface area (Å²) in [5, 5.41) is 11.6. The summed E-state index contributed by atoms with van der Waals surface area (Å²) >= 11 is 0. The van der Waals surface area contributed by atoms with Gasteiger partial charge in [0.05, 0.1) is 19.6 Å². The van der Waals surface area contributed by atoms with Gasteiger partial charge in [-0.25, -0.2) is 4.79 Å². The molecular weight excluding hydrogens is 298 g/mol. The van der Waals surface area contributed by atoms with Crippen LogP contribution in [0.25, 0.3) is 0 Å². The summed E-state index contributed by atoms with van der Waals surface area (Å²) in [5.41, 5.74) is 0. The molecular formula is C17H25NO5. The molecule has 1 rings (SSSR count). The lowest BCUT2D eigenvalue weighted by Gasteiger charge is -2.16. The van der Waals surface area contributed by atoms with E-state index in [1.54, 1.807) is 24.3 Å². The molecule has 0 bridgehead atoms. The molecule has 0 radical (unpaired) electrons. The first-order valence-electron chi connectivity index (χ1n) is 7.80. The highest BCUT2D eigenvalue weighted by Crippen LogP contribution is 2.17. The molecule has 0 heterocycles. The number of ether oxygens (including phenoxy) is 2. The standard InChI is InChI=1S/C17H25NO5/c1-4-22-13-5-7-14(8-6-13)23-10-9-16(19)18-15(17(20)21)11-12(2)3/h5-8,12,15H,4,9-11H2,1-3H3,(H,18,19)(H,20,21). The van der Waals surface area contributed by atoms with E-state index in [1.807, 2.05) is 20.8 Å². The fraction of sp³-hybridized carbons (Fsp3) is 0.529. The van der Waals surface area contributed by atoms with Crippen LogP contribution in [0.5, 0.6) is 11.5 Å². The number of carbonyl (C=O) groups is 2. The Morgan fingerprint density at radius 3 is 2.17 bits per heavy atom. The number of nitrogens with one attached hydrogen (secondary N) is 1. The van der Waals surface area contributed by atoms with Crippen LogP contribution >= 0.6 is 0 Å². The summed E-state index contributed by atoms with van der Waals surface area (Å²) in [4.78, 5) is 22.9. The van der Waals surface area contributed by atoms with Crippen molar-refractivity contribution >= 4 is 11.9 Å². The summed E-state index contributed by atoms with van der Waals surface area (Å²) in [6.45, 7) is 6.52. The highest BCUT2D eigenvalue weighted by atomic mass is 16.5. The molecule has 1 amide bonds. The van der Waals surface area contributed by atoms with Crippen molar-refractivity contribution in [1.29, 1.82) is 0 Å². The number of carboxylic acid groups (broad SMARTS) is 1. The quantitative estimate of drug-likeness (QED) is 0.691. The Labute approximate surface area is 136 Å². The Kier molecular flexibility index (Phi) is 7.94. The van der Waals surface area contributed by atoms with E-state index in [0.29, 0.717) is 18.8 Å². The first-order valence-corrected chi connectivity index (χ1v) is 7.80. The number of carbonyl (C=O) groups excluding carboxylic acids is 1. The van der Waals surface area contributed by atoms with Gasteiger partial charge in [-0.15, -0.1) is 0 Å². The van der Waals surface area contributed by atoms with Crippen LogP contribution in [-0.4, -0.2) is 36.2 Å². The van der Waals surface area contributed by atoms with E-state index in [2.05, 4.69) is 5.32 Å². The molecule has 0 saturated heterocycles. The normalized spacial score (nSPS) is 11.8. The Morgan fingerprint density at radius 1 is 1.13 bits per heavy atom. The second-order valence-electron chi connectivity index (χ2n) is 5.59. The van der Waals surface area contributed by atoms with Gasteiger partial charge in [0.1, 0.15) is 17.5 Å². The van der Waals surface area contributed by atoms with E-state index in [1.165, 1.54) is 0 Å². The third-order valence-electron chi connectivity index (χ3n) is 3.07. The Hall–Kier alpha value is -2.24. The minimum absolute atomic E-state index is 0.106. The lowest BCUT2D eigenvalue weighted by molar-refractivity contribution is -0.142. The molecule has 6 heteroatoms. The van der Waals surface area contributed by atoms with Crippen LogP contribution in [0.4, 0.5) is 0 Å². The zero-order chi connectivity index (χ0) is 17.2. The SMILES string of the molecule is CCOc1ccc(OCCC(=O)NC(CC(C)C)C(=O)O)cc1. The average Bonchev–Trinajstić information content (AvgIpc) is 2.48. The fourth-order valence-electron chi connectivity index (χ4n) is 2.02. The Bertz CT molecular complexity index is 498. The maximum atomic E-state index is 11.8. The van der Waals surface area contributed by atoms with Gasteiger partial charge in [0.25, 0.3) is 0 Å². The molecule has 1 unspecified atom stereocenters. The first-order chi connectivity index (χ1) is 10.9. The molecule has 2 N–H and O–H groups in total. The number of hydrogen-bond donors (Lipinski definition) is 2. The number of hydrogen-bond acceptors (Lipinski definition) is 4. The van der Waals surface area contributed by atoms with E-state index in [4.69, 9.17) is 14.6 Å². The third kappa shape index (κ3) is 7.54. The summed E-state index contributed by atoms with van der Waals surface area (Å²) in [6, 6.07) is 6.26.